The summed E-state index contributed by atoms with van der Waals surface area (Å²) in [5.74, 6) is 0.811. The fraction of sp³-hybridized carbons (Fsp3) is 0.111. The van der Waals surface area contributed by atoms with Crippen molar-refractivity contribution >= 4 is 34.7 Å². The van der Waals surface area contributed by atoms with E-state index in [1.807, 2.05) is 97.9 Å². The first-order valence-corrected chi connectivity index (χ1v) is 11.9. The van der Waals surface area contributed by atoms with Crippen LogP contribution < -0.4 is 19.6 Å². The molecular formula is C27H21ClN2O2S. The molecule has 1 aromatic heterocycles. The van der Waals surface area contributed by atoms with Gasteiger partial charge in [0.05, 0.1) is 22.9 Å². The van der Waals surface area contributed by atoms with Crippen molar-refractivity contribution in [1.82, 2.24) is 4.57 Å². The minimum absolute atomic E-state index is 0.0593. The fourth-order valence-electron chi connectivity index (χ4n) is 3.83. The number of hydrogen-bond donors (Lipinski definition) is 0. The van der Waals surface area contributed by atoms with E-state index in [-0.39, 0.29) is 11.6 Å². The number of nitrogens with zero attached hydrogens (tertiary/aromatic N) is 2. The standard InChI is InChI=1S/C27H21ClN2O2S/c1-2-32-22-14-8-18(9-15-22)16-25-26(31)30-24(20-10-12-21(28)13-11-20)17-23(29-27(30)33-25)19-6-4-3-5-7-19/h3-17,24H,2H2,1H3. The average molecular weight is 473 g/mol. The maximum Gasteiger partial charge on any atom is 0.271 e. The summed E-state index contributed by atoms with van der Waals surface area (Å²) < 4.78 is 7.92. The van der Waals surface area contributed by atoms with Gasteiger partial charge in [-0.2, -0.15) is 0 Å². The number of thiazole rings is 1. The highest BCUT2D eigenvalue weighted by Gasteiger charge is 2.22. The van der Waals surface area contributed by atoms with Gasteiger partial charge in [0.2, 0.25) is 0 Å². The van der Waals surface area contributed by atoms with E-state index in [1.165, 1.54) is 11.3 Å². The Morgan fingerprint density at radius 1 is 1.03 bits per heavy atom. The number of aromatic nitrogens is 1. The van der Waals surface area contributed by atoms with Crippen LogP contribution in [0.1, 0.15) is 29.7 Å². The van der Waals surface area contributed by atoms with Crippen molar-refractivity contribution in [2.45, 2.75) is 13.0 Å². The zero-order valence-electron chi connectivity index (χ0n) is 17.9. The second kappa shape index (κ2) is 9.22. The molecule has 33 heavy (non-hydrogen) atoms. The molecule has 0 N–H and O–H groups in total. The van der Waals surface area contributed by atoms with Crippen LogP contribution in [0.3, 0.4) is 0 Å². The summed E-state index contributed by atoms with van der Waals surface area (Å²) in [6.45, 7) is 2.57. The second-order valence-electron chi connectivity index (χ2n) is 7.60. The average Bonchev–Trinajstić information content (AvgIpc) is 3.16. The number of ether oxygens (including phenoxy) is 1. The van der Waals surface area contributed by atoms with Crippen molar-refractivity contribution in [3.63, 3.8) is 0 Å². The third-order valence-electron chi connectivity index (χ3n) is 5.42. The molecule has 0 fully saturated rings. The minimum Gasteiger partial charge on any atom is -0.494 e. The summed E-state index contributed by atoms with van der Waals surface area (Å²) in [4.78, 5) is 19.0. The molecule has 5 rings (SSSR count). The molecule has 2 heterocycles. The van der Waals surface area contributed by atoms with Crippen molar-refractivity contribution in [3.8, 4) is 5.75 Å². The Labute approximate surface area is 200 Å². The van der Waals surface area contributed by atoms with E-state index in [9.17, 15) is 4.79 Å². The maximum absolute atomic E-state index is 13.5. The van der Waals surface area contributed by atoms with Crippen LogP contribution in [0.25, 0.3) is 11.8 Å². The van der Waals surface area contributed by atoms with Gasteiger partial charge in [-0.3, -0.25) is 9.36 Å². The lowest BCUT2D eigenvalue weighted by Gasteiger charge is -2.19. The largest absolute Gasteiger partial charge is 0.494 e. The van der Waals surface area contributed by atoms with Gasteiger partial charge in [0.15, 0.2) is 4.80 Å². The van der Waals surface area contributed by atoms with Crippen LogP contribution in [-0.2, 0) is 0 Å². The van der Waals surface area contributed by atoms with Crippen LogP contribution >= 0.6 is 22.9 Å². The highest BCUT2D eigenvalue weighted by Crippen LogP contribution is 2.27. The topological polar surface area (TPSA) is 43.6 Å². The zero-order valence-corrected chi connectivity index (χ0v) is 19.5. The van der Waals surface area contributed by atoms with Gasteiger partial charge in [0, 0.05) is 5.02 Å². The number of hydrogen-bond acceptors (Lipinski definition) is 4. The molecule has 1 aliphatic rings. The summed E-state index contributed by atoms with van der Waals surface area (Å²) in [7, 11) is 0. The predicted octanol–water partition coefficient (Wildman–Crippen LogP) is 5.05. The van der Waals surface area contributed by atoms with Crippen LogP contribution in [0.5, 0.6) is 5.75 Å². The van der Waals surface area contributed by atoms with E-state index in [4.69, 9.17) is 21.3 Å². The van der Waals surface area contributed by atoms with Crippen molar-refractivity contribution < 1.29 is 4.74 Å². The molecule has 164 valence electrons. The number of benzene rings is 3. The Balaban J connectivity index is 1.66. The summed E-state index contributed by atoms with van der Waals surface area (Å²) in [6, 6.07) is 25.1. The molecule has 6 heteroatoms. The van der Waals surface area contributed by atoms with E-state index in [2.05, 4.69) is 0 Å². The minimum atomic E-state index is -0.267. The van der Waals surface area contributed by atoms with Gasteiger partial charge < -0.3 is 4.74 Å². The van der Waals surface area contributed by atoms with E-state index < -0.39 is 0 Å². The highest BCUT2D eigenvalue weighted by atomic mass is 35.5. The van der Waals surface area contributed by atoms with Gasteiger partial charge in [-0.15, -0.1) is 0 Å². The van der Waals surface area contributed by atoms with E-state index >= 15 is 0 Å². The van der Waals surface area contributed by atoms with Crippen LogP contribution in [0, 0.1) is 0 Å². The molecule has 0 radical (unpaired) electrons. The molecule has 4 aromatic rings. The summed E-state index contributed by atoms with van der Waals surface area (Å²) in [6.07, 6.45) is 3.95. The van der Waals surface area contributed by atoms with Gasteiger partial charge >= 0.3 is 0 Å². The zero-order chi connectivity index (χ0) is 22.8. The van der Waals surface area contributed by atoms with Crippen molar-refractivity contribution in [2.75, 3.05) is 6.61 Å². The Morgan fingerprint density at radius 2 is 1.76 bits per heavy atom. The second-order valence-corrected chi connectivity index (χ2v) is 9.04. The van der Waals surface area contributed by atoms with E-state index in [1.54, 1.807) is 4.57 Å². The molecule has 0 aliphatic carbocycles. The first kappa shape index (κ1) is 21.4. The Bertz CT molecular complexity index is 1490. The summed E-state index contributed by atoms with van der Waals surface area (Å²) in [5, 5.41) is 0.661. The van der Waals surface area contributed by atoms with Gasteiger partial charge in [-0.05, 0) is 60.0 Å². The SMILES string of the molecule is CCOc1ccc(C=c2sc3n(c2=O)C(c2ccc(Cl)cc2)C=C(c2ccccc2)N=3)cc1. The monoisotopic (exact) mass is 472 g/mol. The third kappa shape index (κ3) is 4.42. The van der Waals surface area contributed by atoms with E-state index in [0.717, 1.165) is 28.1 Å². The van der Waals surface area contributed by atoms with Gasteiger partial charge in [0.1, 0.15) is 5.75 Å². The lowest BCUT2D eigenvalue weighted by Crippen LogP contribution is -2.36. The predicted molar refractivity (Wildman–Crippen MR) is 135 cm³/mol. The molecule has 4 nitrogen and oxygen atoms in total. The maximum atomic E-state index is 13.5. The number of fused-ring (bicyclic) bond motifs is 1. The number of rotatable bonds is 5. The third-order valence-corrected chi connectivity index (χ3v) is 6.65. The summed E-state index contributed by atoms with van der Waals surface area (Å²) in [5.41, 5.74) is 3.73. The van der Waals surface area contributed by atoms with Crippen molar-refractivity contribution in [1.29, 1.82) is 0 Å². The van der Waals surface area contributed by atoms with Crippen LogP contribution in [0.2, 0.25) is 5.02 Å². The highest BCUT2D eigenvalue weighted by molar-refractivity contribution is 7.07. The van der Waals surface area contributed by atoms with Crippen LogP contribution in [-0.4, -0.2) is 11.2 Å². The molecular weight excluding hydrogens is 452 g/mol. The molecule has 0 bridgehead atoms. The van der Waals surface area contributed by atoms with Gasteiger partial charge in [-0.1, -0.05) is 77.5 Å². The fourth-order valence-corrected chi connectivity index (χ4v) is 4.97. The lowest BCUT2D eigenvalue weighted by atomic mass is 10.0. The quantitative estimate of drug-likeness (QED) is 0.407. The number of allylic oxidation sites excluding steroid dienone is 1. The molecule has 1 atom stereocenters. The lowest BCUT2D eigenvalue weighted by molar-refractivity contribution is 0.340. The Morgan fingerprint density at radius 3 is 2.45 bits per heavy atom. The van der Waals surface area contributed by atoms with Crippen LogP contribution in [0.15, 0.2) is 94.7 Å². The Hall–Kier alpha value is -3.41. The molecule has 1 unspecified atom stereocenters. The molecule has 1 aliphatic heterocycles. The smallest absolute Gasteiger partial charge is 0.271 e. The molecule has 0 saturated heterocycles. The normalized spacial score (nSPS) is 15.5. The number of halogens is 1. The first-order chi connectivity index (χ1) is 16.1. The Kier molecular flexibility index (Phi) is 5.99. The van der Waals surface area contributed by atoms with Crippen molar-refractivity contribution in [2.24, 2.45) is 4.99 Å². The molecule has 0 amide bonds. The summed E-state index contributed by atoms with van der Waals surface area (Å²) >= 11 is 7.52. The molecule has 0 saturated carbocycles. The first-order valence-electron chi connectivity index (χ1n) is 10.7. The van der Waals surface area contributed by atoms with Gasteiger partial charge in [-0.25, -0.2) is 4.99 Å². The molecule has 0 spiro atoms. The van der Waals surface area contributed by atoms with Crippen molar-refractivity contribution in [3.05, 3.63) is 126 Å². The van der Waals surface area contributed by atoms with Crippen LogP contribution in [0.4, 0.5) is 0 Å². The van der Waals surface area contributed by atoms with Gasteiger partial charge in [0.25, 0.3) is 5.56 Å². The molecule has 3 aromatic carbocycles. The van der Waals surface area contributed by atoms with E-state index in [0.29, 0.717) is 21.0 Å².